The fraction of sp³-hybridized carbons (Fsp3) is 0.792. The largest absolute Gasteiger partial charge is 0.388 e. The molecule has 2 aliphatic rings. The lowest BCUT2D eigenvalue weighted by molar-refractivity contribution is -0.118. The van der Waals surface area contributed by atoms with Crippen LogP contribution in [-0.2, 0) is 4.79 Å². The first-order chi connectivity index (χ1) is 12.6. The van der Waals surface area contributed by atoms with Crippen molar-refractivity contribution in [1.82, 2.24) is 0 Å². The first kappa shape index (κ1) is 21.4. The summed E-state index contributed by atoms with van der Waals surface area (Å²) in [5.41, 5.74) is 0.0918. The van der Waals surface area contributed by atoms with Crippen LogP contribution in [0.25, 0.3) is 0 Å². The Morgan fingerprint density at radius 3 is 2.50 bits per heavy atom. The standard InChI is InChI=1S/C24H40O2/c1-3-5-7-8-9-12-21-20(13-15-22(21)25)14-16-23(26)24(17-6-4-2)18-10-11-19-24/h13-16,20-21,23,26H,3-12,17-19H2,1-2H3/b16-14+/t20-,21-,23?/m1/s1. The number of aliphatic hydroxyl groups excluding tert-OH is 1. The quantitative estimate of drug-likeness (QED) is 0.323. The zero-order chi connectivity index (χ0) is 18.8. The van der Waals surface area contributed by atoms with Crippen LogP contribution in [0.1, 0.15) is 97.3 Å². The molecule has 0 heterocycles. The second kappa shape index (κ2) is 11.1. The van der Waals surface area contributed by atoms with E-state index >= 15 is 0 Å². The zero-order valence-corrected chi connectivity index (χ0v) is 17.1. The van der Waals surface area contributed by atoms with Gasteiger partial charge in [-0.2, -0.15) is 0 Å². The lowest BCUT2D eigenvalue weighted by Crippen LogP contribution is -2.31. The maximum atomic E-state index is 12.2. The summed E-state index contributed by atoms with van der Waals surface area (Å²) in [4.78, 5) is 12.2. The van der Waals surface area contributed by atoms with E-state index in [1.807, 2.05) is 6.08 Å². The smallest absolute Gasteiger partial charge is 0.159 e. The number of hydrogen-bond acceptors (Lipinski definition) is 2. The Balaban J connectivity index is 1.89. The van der Waals surface area contributed by atoms with E-state index in [1.54, 1.807) is 6.08 Å². The molecular formula is C24H40O2. The lowest BCUT2D eigenvalue weighted by atomic mass is 9.75. The molecule has 3 atom stereocenters. The van der Waals surface area contributed by atoms with E-state index < -0.39 is 0 Å². The van der Waals surface area contributed by atoms with E-state index in [4.69, 9.17) is 0 Å². The van der Waals surface area contributed by atoms with Crippen LogP contribution in [0.4, 0.5) is 0 Å². The molecule has 148 valence electrons. The topological polar surface area (TPSA) is 37.3 Å². The van der Waals surface area contributed by atoms with Crippen LogP contribution in [0.5, 0.6) is 0 Å². The van der Waals surface area contributed by atoms with Crippen molar-refractivity contribution in [1.29, 1.82) is 0 Å². The molecule has 0 aromatic heterocycles. The van der Waals surface area contributed by atoms with Gasteiger partial charge in [-0.3, -0.25) is 4.79 Å². The molecule has 0 spiro atoms. The van der Waals surface area contributed by atoms with Crippen molar-refractivity contribution < 1.29 is 9.90 Å². The molecule has 1 fully saturated rings. The second-order valence-electron chi connectivity index (χ2n) is 8.65. The molecule has 0 saturated heterocycles. The Hall–Kier alpha value is -0.890. The summed E-state index contributed by atoms with van der Waals surface area (Å²) in [5.74, 6) is 0.578. The van der Waals surface area contributed by atoms with Gasteiger partial charge in [0.15, 0.2) is 5.78 Å². The molecule has 0 aliphatic heterocycles. The van der Waals surface area contributed by atoms with Crippen LogP contribution in [0.15, 0.2) is 24.3 Å². The van der Waals surface area contributed by atoms with E-state index in [2.05, 4.69) is 26.0 Å². The van der Waals surface area contributed by atoms with Gasteiger partial charge in [-0.25, -0.2) is 0 Å². The monoisotopic (exact) mass is 360 g/mol. The number of carbonyl (C=O) groups is 1. The molecule has 1 N–H and O–H groups in total. The van der Waals surface area contributed by atoms with Crippen LogP contribution in [0.3, 0.4) is 0 Å². The normalized spacial score (nSPS) is 26.2. The van der Waals surface area contributed by atoms with Crippen LogP contribution in [-0.4, -0.2) is 17.0 Å². The summed E-state index contributed by atoms with van der Waals surface area (Å²) in [6, 6.07) is 0. The third-order valence-corrected chi connectivity index (χ3v) is 6.70. The van der Waals surface area contributed by atoms with Crippen molar-refractivity contribution >= 4 is 5.78 Å². The molecule has 0 aromatic rings. The van der Waals surface area contributed by atoms with Crippen LogP contribution < -0.4 is 0 Å². The predicted molar refractivity (Wildman–Crippen MR) is 110 cm³/mol. The van der Waals surface area contributed by atoms with Gasteiger partial charge >= 0.3 is 0 Å². The Morgan fingerprint density at radius 1 is 1.12 bits per heavy atom. The van der Waals surface area contributed by atoms with Gasteiger partial charge in [0.25, 0.3) is 0 Å². The minimum absolute atomic E-state index is 0.0918. The Bertz CT molecular complexity index is 471. The van der Waals surface area contributed by atoms with Crippen molar-refractivity contribution in [3.05, 3.63) is 24.3 Å². The van der Waals surface area contributed by atoms with Gasteiger partial charge in [0, 0.05) is 11.8 Å². The molecule has 1 saturated carbocycles. The van der Waals surface area contributed by atoms with Crippen LogP contribution in [0, 0.1) is 17.3 Å². The first-order valence-corrected chi connectivity index (χ1v) is 11.2. The summed E-state index contributed by atoms with van der Waals surface area (Å²) in [6.45, 7) is 4.46. The number of rotatable bonds is 12. The Labute approximate surface area is 161 Å². The SMILES string of the molecule is CCCCCCC[C@H]1C(=O)C=C[C@@H]1/C=C/C(O)C1(CCCC)CCCC1. The van der Waals surface area contributed by atoms with E-state index in [9.17, 15) is 9.90 Å². The van der Waals surface area contributed by atoms with Crippen molar-refractivity contribution in [2.24, 2.45) is 17.3 Å². The second-order valence-corrected chi connectivity index (χ2v) is 8.65. The van der Waals surface area contributed by atoms with Crippen molar-refractivity contribution in [3.63, 3.8) is 0 Å². The summed E-state index contributed by atoms with van der Waals surface area (Å²) in [5, 5.41) is 10.9. The molecule has 0 bridgehead atoms. The van der Waals surface area contributed by atoms with E-state index in [0.29, 0.717) is 0 Å². The third kappa shape index (κ3) is 5.81. The molecule has 2 aliphatic carbocycles. The molecule has 26 heavy (non-hydrogen) atoms. The van der Waals surface area contributed by atoms with Crippen molar-refractivity contribution in [3.8, 4) is 0 Å². The molecule has 0 aromatic carbocycles. The molecular weight excluding hydrogens is 320 g/mol. The molecule has 2 nitrogen and oxygen atoms in total. The highest BCUT2D eigenvalue weighted by atomic mass is 16.3. The molecule has 0 radical (unpaired) electrons. The molecule has 2 rings (SSSR count). The van der Waals surface area contributed by atoms with Crippen LogP contribution in [0.2, 0.25) is 0 Å². The summed E-state index contributed by atoms with van der Waals surface area (Å²) in [6.07, 6.45) is 23.1. The zero-order valence-electron chi connectivity index (χ0n) is 17.1. The van der Waals surface area contributed by atoms with Gasteiger partial charge in [-0.1, -0.05) is 89.9 Å². The molecule has 0 amide bonds. The third-order valence-electron chi connectivity index (χ3n) is 6.70. The van der Waals surface area contributed by atoms with Gasteiger partial charge in [0.1, 0.15) is 0 Å². The summed E-state index contributed by atoms with van der Waals surface area (Å²) >= 11 is 0. The minimum Gasteiger partial charge on any atom is -0.388 e. The minimum atomic E-state index is -0.356. The maximum Gasteiger partial charge on any atom is 0.159 e. The van der Waals surface area contributed by atoms with Crippen LogP contribution >= 0.6 is 0 Å². The van der Waals surface area contributed by atoms with E-state index in [1.165, 1.54) is 51.4 Å². The highest BCUT2D eigenvalue weighted by Crippen LogP contribution is 2.45. The Morgan fingerprint density at radius 2 is 1.81 bits per heavy atom. The van der Waals surface area contributed by atoms with E-state index in [-0.39, 0.29) is 29.1 Å². The first-order valence-electron chi connectivity index (χ1n) is 11.2. The fourth-order valence-electron chi connectivity index (χ4n) is 4.89. The summed E-state index contributed by atoms with van der Waals surface area (Å²) < 4.78 is 0. The maximum absolute atomic E-state index is 12.2. The highest BCUT2D eigenvalue weighted by molar-refractivity contribution is 5.94. The van der Waals surface area contributed by atoms with Gasteiger partial charge in [0.05, 0.1) is 6.10 Å². The van der Waals surface area contributed by atoms with Crippen molar-refractivity contribution in [2.45, 2.75) is 103 Å². The number of hydrogen-bond donors (Lipinski definition) is 1. The number of allylic oxidation sites excluding steroid dienone is 3. The van der Waals surface area contributed by atoms with Gasteiger partial charge in [-0.05, 0) is 37.2 Å². The van der Waals surface area contributed by atoms with E-state index in [0.717, 1.165) is 32.1 Å². The van der Waals surface area contributed by atoms with Gasteiger partial charge in [0.2, 0.25) is 0 Å². The number of aliphatic hydroxyl groups is 1. The number of carbonyl (C=O) groups excluding carboxylic acids is 1. The van der Waals surface area contributed by atoms with Crippen molar-refractivity contribution in [2.75, 3.05) is 0 Å². The summed E-state index contributed by atoms with van der Waals surface area (Å²) in [7, 11) is 0. The number of ketones is 1. The lowest BCUT2D eigenvalue weighted by Gasteiger charge is -2.33. The van der Waals surface area contributed by atoms with Gasteiger partial charge in [-0.15, -0.1) is 0 Å². The highest BCUT2D eigenvalue weighted by Gasteiger charge is 2.39. The van der Waals surface area contributed by atoms with Gasteiger partial charge < -0.3 is 5.11 Å². The molecule has 1 unspecified atom stereocenters. The average Bonchev–Trinajstić information content (AvgIpc) is 3.26. The fourth-order valence-corrected chi connectivity index (χ4v) is 4.89. The Kier molecular flexibility index (Phi) is 9.11. The average molecular weight is 361 g/mol. The molecule has 2 heteroatoms. The predicted octanol–water partition coefficient (Wildman–Crippen LogP) is 6.39. The number of unbranched alkanes of at least 4 members (excludes halogenated alkanes) is 5.